The Bertz CT molecular complexity index is 1020. The maximum atomic E-state index is 14.6. The highest BCUT2D eigenvalue weighted by molar-refractivity contribution is 9.10. The van der Waals surface area contributed by atoms with Crippen LogP contribution in [-0.2, 0) is 5.60 Å². The molecule has 0 aliphatic heterocycles. The number of halogens is 14. The molecule has 0 bridgehead atoms. The Labute approximate surface area is 196 Å². The standard InChI is InChI=1S/C20H12BrF13O/c21-13-8-6-12(7-9-13)14(35,11-4-2-1-3-5-11)10-15(22,23)16(24,25)17(26,27)18(28,29)19(30,31)20(32,33)34/h1-9,35H,10H2. The van der Waals surface area contributed by atoms with Gasteiger partial charge in [0.15, 0.2) is 0 Å². The molecule has 35 heavy (non-hydrogen) atoms. The zero-order valence-electron chi connectivity index (χ0n) is 16.6. The largest absolute Gasteiger partial charge is 0.460 e. The molecule has 196 valence electrons. The van der Waals surface area contributed by atoms with Gasteiger partial charge < -0.3 is 5.11 Å². The van der Waals surface area contributed by atoms with Crippen LogP contribution in [0, 0.1) is 0 Å². The van der Waals surface area contributed by atoms with Crippen molar-refractivity contribution in [3.8, 4) is 0 Å². The predicted molar refractivity (Wildman–Crippen MR) is 99.0 cm³/mol. The van der Waals surface area contributed by atoms with Crippen LogP contribution in [0.5, 0.6) is 0 Å². The molecule has 1 unspecified atom stereocenters. The fourth-order valence-electron chi connectivity index (χ4n) is 3.04. The van der Waals surface area contributed by atoms with E-state index in [0.717, 1.165) is 48.5 Å². The Morgan fingerprint density at radius 3 is 1.37 bits per heavy atom. The summed E-state index contributed by atoms with van der Waals surface area (Å²) in [5.41, 5.74) is -4.58. The molecule has 1 nitrogen and oxygen atoms in total. The average molecular weight is 595 g/mol. The van der Waals surface area contributed by atoms with Crippen LogP contribution in [0.2, 0.25) is 0 Å². The molecule has 2 rings (SSSR count). The van der Waals surface area contributed by atoms with E-state index in [0.29, 0.717) is 0 Å². The molecule has 0 aromatic heterocycles. The molecule has 0 spiro atoms. The quantitative estimate of drug-likeness (QED) is 0.309. The van der Waals surface area contributed by atoms with Crippen molar-refractivity contribution in [2.24, 2.45) is 0 Å². The SMILES string of the molecule is OC(CC(F)(F)C(F)(F)C(F)(F)C(F)(F)C(F)(F)C(F)(F)F)(c1ccccc1)c1ccc(Br)cc1. The van der Waals surface area contributed by atoms with Gasteiger partial charge in [0.1, 0.15) is 5.60 Å². The molecule has 0 aliphatic rings. The van der Waals surface area contributed by atoms with Crippen molar-refractivity contribution < 1.29 is 62.2 Å². The topological polar surface area (TPSA) is 20.2 Å². The predicted octanol–water partition coefficient (Wildman–Crippen LogP) is 7.81. The Kier molecular flexibility index (Phi) is 7.36. The molecular formula is C20H12BrF13O. The number of aliphatic hydroxyl groups is 1. The summed E-state index contributed by atoms with van der Waals surface area (Å²) in [6, 6.07) is 9.17. The van der Waals surface area contributed by atoms with Crippen molar-refractivity contribution in [2.45, 2.75) is 47.8 Å². The first-order chi connectivity index (χ1) is 15.6. The van der Waals surface area contributed by atoms with Gasteiger partial charge in [-0.3, -0.25) is 0 Å². The lowest BCUT2D eigenvalue weighted by Gasteiger charge is -2.42. The van der Waals surface area contributed by atoms with E-state index in [1.54, 1.807) is 0 Å². The minimum atomic E-state index is -8.01. The first kappa shape index (κ1) is 29.2. The van der Waals surface area contributed by atoms with E-state index in [9.17, 15) is 62.2 Å². The first-order valence-electron chi connectivity index (χ1n) is 9.06. The minimum Gasteiger partial charge on any atom is -0.380 e. The highest BCUT2D eigenvalue weighted by atomic mass is 79.9. The minimum absolute atomic E-state index is 0.273. The summed E-state index contributed by atoms with van der Waals surface area (Å²) in [6.45, 7) is 0. The zero-order chi connectivity index (χ0) is 27.3. The van der Waals surface area contributed by atoms with Gasteiger partial charge in [-0.05, 0) is 23.3 Å². The zero-order valence-corrected chi connectivity index (χ0v) is 18.2. The van der Waals surface area contributed by atoms with Gasteiger partial charge >= 0.3 is 35.8 Å². The van der Waals surface area contributed by atoms with Crippen molar-refractivity contribution in [2.75, 3.05) is 0 Å². The first-order valence-corrected chi connectivity index (χ1v) is 9.85. The maximum Gasteiger partial charge on any atom is 0.460 e. The van der Waals surface area contributed by atoms with Crippen molar-refractivity contribution >= 4 is 15.9 Å². The molecule has 0 saturated heterocycles. The third-order valence-electron chi connectivity index (χ3n) is 5.05. The number of alkyl halides is 13. The Morgan fingerprint density at radius 1 is 0.543 bits per heavy atom. The van der Waals surface area contributed by atoms with Gasteiger partial charge in [0, 0.05) is 4.47 Å². The van der Waals surface area contributed by atoms with E-state index in [-0.39, 0.29) is 4.47 Å². The Morgan fingerprint density at radius 2 is 0.943 bits per heavy atom. The van der Waals surface area contributed by atoms with Crippen molar-refractivity contribution in [1.82, 2.24) is 0 Å². The fourth-order valence-corrected chi connectivity index (χ4v) is 3.31. The fraction of sp³-hybridized carbons (Fsp3) is 0.400. The van der Waals surface area contributed by atoms with Crippen LogP contribution < -0.4 is 0 Å². The van der Waals surface area contributed by atoms with Gasteiger partial charge in [0.05, 0.1) is 6.42 Å². The van der Waals surface area contributed by atoms with Crippen LogP contribution in [0.1, 0.15) is 17.5 Å². The highest BCUT2D eigenvalue weighted by Gasteiger charge is 2.90. The summed E-state index contributed by atoms with van der Waals surface area (Å²) < 4.78 is 176. The third kappa shape index (κ3) is 4.60. The number of rotatable bonds is 8. The summed E-state index contributed by atoms with van der Waals surface area (Å²) in [5, 5.41) is 10.9. The summed E-state index contributed by atoms with van der Waals surface area (Å²) in [7, 11) is 0. The molecule has 0 saturated carbocycles. The van der Waals surface area contributed by atoms with E-state index in [1.165, 1.54) is 6.07 Å². The summed E-state index contributed by atoms with van der Waals surface area (Å²) in [6.07, 6.45) is -10.3. The highest BCUT2D eigenvalue weighted by Crippen LogP contribution is 2.61. The number of hydrogen-bond acceptors (Lipinski definition) is 1. The van der Waals surface area contributed by atoms with Crippen LogP contribution in [0.3, 0.4) is 0 Å². The number of hydrogen-bond donors (Lipinski definition) is 1. The molecule has 0 aliphatic carbocycles. The second-order valence-corrected chi connectivity index (χ2v) is 8.33. The normalized spacial score (nSPS) is 16.2. The third-order valence-corrected chi connectivity index (χ3v) is 5.58. The van der Waals surface area contributed by atoms with Gasteiger partial charge in [-0.25, -0.2) is 0 Å². The van der Waals surface area contributed by atoms with Crippen LogP contribution in [0.4, 0.5) is 57.1 Å². The average Bonchev–Trinajstić information content (AvgIpc) is 2.73. The molecular weight excluding hydrogens is 583 g/mol. The van der Waals surface area contributed by atoms with E-state index in [4.69, 9.17) is 0 Å². The van der Waals surface area contributed by atoms with Crippen molar-refractivity contribution in [3.05, 3.63) is 70.2 Å². The lowest BCUT2D eigenvalue weighted by atomic mass is 9.79. The molecule has 2 aromatic carbocycles. The van der Waals surface area contributed by atoms with E-state index in [2.05, 4.69) is 15.9 Å². The van der Waals surface area contributed by atoms with Crippen LogP contribution in [0.25, 0.3) is 0 Å². The number of benzene rings is 2. The van der Waals surface area contributed by atoms with Crippen LogP contribution in [0.15, 0.2) is 59.1 Å². The second-order valence-electron chi connectivity index (χ2n) is 7.41. The Hall–Kier alpha value is -2.03. The lowest BCUT2D eigenvalue weighted by Crippen LogP contribution is -2.70. The Balaban J connectivity index is 2.65. The molecule has 1 N–H and O–H groups in total. The smallest absolute Gasteiger partial charge is 0.380 e. The summed E-state index contributed by atoms with van der Waals surface area (Å²) in [4.78, 5) is 0. The van der Waals surface area contributed by atoms with Gasteiger partial charge in [-0.15, -0.1) is 0 Å². The van der Waals surface area contributed by atoms with Crippen molar-refractivity contribution in [3.63, 3.8) is 0 Å². The molecule has 0 heterocycles. The second kappa shape index (κ2) is 8.82. The van der Waals surface area contributed by atoms with Gasteiger partial charge in [0.2, 0.25) is 0 Å². The molecule has 0 radical (unpaired) electrons. The van der Waals surface area contributed by atoms with E-state index >= 15 is 0 Å². The van der Waals surface area contributed by atoms with Crippen LogP contribution >= 0.6 is 15.9 Å². The molecule has 1 atom stereocenters. The maximum absolute atomic E-state index is 14.6. The summed E-state index contributed by atoms with van der Waals surface area (Å²) >= 11 is 2.95. The van der Waals surface area contributed by atoms with Gasteiger partial charge in [-0.2, -0.15) is 57.1 Å². The van der Waals surface area contributed by atoms with E-state index < -0.39 is 58.9 Å². The lowest BCUT2D eigenvalue weighted by molar-refractivity contribution is -0.441. The van der Waals surface area contributed by atoms with Crippen LogP contribution in [-0.4, -0.2) is 40.9 Å². The summed E-state index contributed by atoms with van der Waals surface area (Å²) in [5.74, 6) is -37.7. The monoisotopic (exact) mass is 594 g/mol. The van der Waals surface area contributed by atoms with E-state index in [1.807, 2.05) is 0 Å². The molecule has 0 fully saturated rings. The van der Waals surface area contributed by atoms with Crippen molar-refractivity contribution in [1.29, 1.82) is 0 Å². The van der Waals surface area contributed by atoms with Gasteiger partial charge in [-0.1, -0.05) is 58.4 Å². The molecule has 2 aromatic rings. The molecule has 15 heteroatoms. The molecule has 0 amide bonds. The van der Waals surface area contributed by atoms with Gasteiger partial charge in [0.25, 0.3) is 0 Å².